The summed E-state index contributed by atoms with van der Waals surface area (Å²) in [5.74, 6) is 0. The molecule has 6 nitrogen and oxygen atoms in total. The van der Waals surface area contributed by atoms with E-state index in [0.29, 0.717) is 13.0 Å². The van der Waals surface area contributed by atoms with E-state index in [1.807, 2.05) is 32.0 Å². The van der Waals surface area contributed by atoms with Crippen molar-refractivity contribution in [3.63, 3.8) is 0 Å². The van der Waals surface area contributed by atoms with Crippen LogP contribution >= 0.6 is 0 Å². The number of hydrogen-bond acceptors (Lipinski definition) is 4. The van der Waals surface area contributed by atoms with E-state index in [0.717, 1.165) is 22.4 Å². The number of aryl methyl sites for hydroxylation is 2. The molecule has 0 fully saturated rings. The number of urea groups is 1. The molecule has 0 aliphatic heterocycles. The van der Waals surface area contributed by atoms with Crippen molar-refractivity contribution in [2.45, 2.75) is 26.4 Å². The highest BCUT2D eigenvalue weighted by Crippen LogP contribution is 2.16. The predicted molar refractivity (Wildman–Crippen MR) is 88.0 cm³/mol. The average Bonchev–Trinajstić information content (AvgIpc) is 2.52. The maximum absolute atomic E-state index is 11.7. The molecule has 0 aliphatic carbocycles. The number of amides is 2. The van der Waals surface area contributed by atoms with Gasteiger partial charge in [0.15, 0.2) is 0 Å². The largest absolute Gasteiger partial charge is 0.387 e. The molecule has 1 aromatic heterocycles. The maximum Gasteiger partial charge on any atom is 0.314 e. The van der Waals surface area contributed by atoms with Crippen LogP contribution in [0.25, 0.3) is 0 Å². The van der Waals surface area contributed by atoms with E-state index < -0.39 is 6.10 Å². The molecule has 0 radical (unpaired) electrons. The van der Waals surface area contributed by atoms with Gasteiger partial charge in [-0.15, -0.1) is 0 Å². The molecule has 122 valence electrons. The van der Waals surface area contributed by atoms with Gasteiger partial charge in [0.1, 0.15) is 0 Å². The zero-order chi connectivity index (χ0) is 16.7. The van der Waals surface area contributed by atoms with Crippen LogP contribution in [0.4, 0.5) is 4.79 Å². The second-order valence-corrected chi connectivity index (χ2v) is 5.52. The van der Waals surface area contributed by atoms with Crippen molar-refractivity contribution in [3.8, 4) is 0 Å². The highest BCUT2D eigenvalue weighted by Gasteiger charge is 2.10. The third kappa shape index (κ3) is 5.67. The van der Waals surface area contributed by atoms with Gasteiger partial charge in [0.05, 0.1) is 11.8 Å². The number of benzene rings is 1. The quantitative estimate of drug-likeness (QED) is 0.757. The predicted octanol–water partition coefficient (Wildman–Crippen LogP) is 1.67. The van der Waals surface area contributed by atoms with E-state index in [2.05, 4.69) is 20.6 Å². The Bertz CT molecular complexity index is 626. The topological polar surface area (TPSA) is 87.1 Å². The third-order valence-corrected chi connectivity index (χ3v) is 3.37. The lowest BCUT2D eigenvalue weighted by Gasteiger charge is -2.14. The first-order valence-electron chi connectivity index (χ1n) is 7.57. The molecule has 0 bridgehead atoms. The highest BCUT2D eigenvalue weighted by atomic mass is 16.3. The monoisotopic (exact) mass is 314 g/mol. The Balaban J connectivity index is 1.73. The molecule has 0 spiro atoms. The first-order chi connectivity index (χ1) is 11.0. The van der Waals surface area contributed by atoms with Gasteiger partial charge >= 0.3 is 6.03 Å². The van der Waals surface area contributed by atoms with Gasteiger partial charge in [-0.1, -0.05) is 29.3 Å². The molecule has 1 aromatic carbocycles. The Morgan fingerprint density at radius 3 is 2.57 bits per heavy atom. The summed E-state index contributed by atoms with van der Waals surface area (Å²) in [5.41, 5.74) is 3.81. The molecule has 2 amide bonds. The van der Waals surface area contributed by atoms with E-state index in [-0.39, 0.29) is 12.6 Å². The summed E-state index contributed by atoms with van der Waals surface area (Å²) >= 11 is 0. The Morgan fingerprint density at radius 1 is 1.17 bits per heavy atom. The van der Waals surface area contributed by atoms with E-state index in [1.54, 1.807) is 18.6 Å². The molecule has 0 saturated heterocycles. The molecular formula is C17H22N4O2. The zero-order valence-corrected chi connectivity index (χ0v) is 13.4. The van der Waals surface area contributed by atoms with Crippen molar-refractivity contribution in [1.29, 1.82) is 0 Å². The van der Waals surface area contributed by atoms with Crippen LogP contribution in [0.15, 0.2) is 36.8 Å². The molecule has 0 aliphatic rings. The van der Waals surface area contributed by atoms with Gasteiger partial charge < -0.3 is 15.7 Å². The molecule has 2 rings (SSSR count). The molecule has 0 unspecified atom stereocenters. The Morgan fingerprint density at radius 2 is 1.91 bits per heavy atom. The van der Waals surface area contributed by atoms with Crippen molar-refractivity contribution in [2.75, 3.05) is 13.1 Å². The molecule has 2 aromatic rings. The standard InChI is InChI=1S/C17H22N4O2/c1-12-7-13(2)9-14(8-12)16(22)11-21-17(23)20-4-3-15-10-18-5-6-19-15/h5-10,16,22H,3-4,11H2,1-2H3,(H2,20,21,23)/t16-/m0/s1. The number of aliphatic hydroxyl groups excluding tert-OH is 1. The van der Waals surface area contributed by atoms with Crippen molar-refractivity contribution in [1.82, 2.24) is 20.6 Å². The summed E-state index contributed by atoms with van der Waals surface area (Å²) in [6.45, 7) is 4.59. The normalized spacial score (nSPS) is 11.8. The number of aliphatic hydroxyl groups is 1. The number of nitrogens with zero attached hydrogens (tertiary/aromatic N) is 2. The number of rotatable bonds is 6. The lowest BCUT2D eigenvalue weighted by atomic mass is 10.0. The molecule has 1 heterocycles. The van der Waals surface area contributed by atoms with Crippen LogP contribution in [0, 0.1) is 13.8 Å². The SMILES string of the molecule is Cc1cc(C)cc([C@@H](O)CNC(=O)NCCc2cnccn2)c1. The minimum absolute atomic E-state index is 0.167. The van der Waals surface area contributed by atoms with Crippen LogP contribution in [-0.4, -0.2) is 34.2 Å². The third-order valence-electron chi connectivity index (χ3n) is 3.37. The van der Waals surface area contributed by atoms with Crippen LogP contribution in [0.2, 0.25) is 0 Å². The Hall–Kier alpha value is -2.47. The van der Waals surface area contributed by atoms with Gasteiger partial charge in [-0.25, -0.2) is 4.79 Å². The Labute approximate surface area is 136 Å². The summed E-state index contributed by atoms with van der Waals surface area (Å²) in [7, 11) is 0. The lowest BCUT2D eigenvalue weighted by molar-refractivity contribution is 0.173. The average molecular weight is 314 g/mol. The summed E-state index contributed by atoms with van der Waals surface area (Å²) in [5, 5.41) is 15.6. The molecule has 3 N–H and O–H groups in total. The van der Waals surface area contributed by atoms with Gasteiger partial charge in [0.2, 0.25) is 0 Å². The lowest BCUT2D eigenvalue weighted by Crippen LogP contribution is -2.38. The fourth-order valence-corrected chi connectivity index (χ4v) is 2.34. The van der Waals surface area contributed by atoms with Crippen LogP contribution in [0.3, 0.4) is 0 Å². The first kappa shape index (κ1) is 16.9. The molecular weight excluding hydrogens is 292 g/mol. The van der Waals surface area contributed by atoms with E-state index >= 15 is 0 Å². The van der Waals surface area contributed by atoms with E-state index in [4.69, 9.17) is 0 Å². The number of carbonyl (C=O) groups is 1. The van der Waals surface area contributed by atoms with Crippen molar-refractivity contribution in [2.24, 2.45) is 0 Å². The zero-order valence-electron chi connectivity index (χ0n) is 13.4. The van der Waals surface area contributed by atoms with Crippen molar-refractivity contribution >= 4 is 6.03 Å². The van der Waals surface area contributed by atoms with Crippen LogP contribution in [0.5, 0.6) is 0 Å². The molecule has 0 saturated carbocycles. The molecule has 1 atom stereocenters. The smallest absolute Gasteiger partial charge is 0.314 e. The van der Waals surface area contributed by atoms with Gasteiger partial charge in [-0.05, 0) is 19.4 Å². The van der Waals surface area contributed by atoms with Gasteiger partial charge in [-0.3, -0.25) is 9.97 Å². The van der Waals surface area contributed by atoms with Gasteiger partial charge in [0.25, 0.3) is 0 Å². The van der Waals surface area contributed by atoms with E-state index in [9.17, 15) is 9.90 Å². The minimum atomic E-state index is -0.723. The Kier molecular flexibility index (Phi) is 6.05. The van der Waals surface area contributed by atoms with Gasteiger partial charge in [0, 0.05) is 38.1 Å². The van der Waals surface area contributed by atoms with E-state index in [1.165, 1.54) is 0 Å². The fraction of sp³-hybridized carbons (Fsp3) is 0.353. The van der Waals surface area contributed by atoms with Crippen molar-refractivity contribution < 1.29 is 9.90 Å². The number of nitrogens with one attached hydrogen (secondary N) is 2. The number of aromatic nitrogens is 2. The first-order valence-corrected chi connectivity index (χ1v) is 7.57. The summed E-state index contributed by atoms with van der Waals surface area (Å²) < 4.78 is 0. The number of hydrogen-bond donors (Lipinski definition) is 3. The number of carbonyl (C=O) groups excluding carboxylic acids is 1. The maximum atomic E-state index is 11.7. The van der Waals surface area contributed by atoms with Gasteiger partial charge in [-0.2, -0.15) is 0 Å². The minimum Gasteiger partial charge on any atom is -0.387 e. The molecule has 23 heavy (non-hydrogen) atoms. The van der Waals surface area contributed by atoms with Crippen LogP contribution in [-0.2, 0) is 6.42 Å². The van der Waals surface area contributed by atoms with Crippen molar-refractivity contribution in [3.05, 3.63) is 59.2 Å². The van der Waals surface area contributed by atoms with Crippen LogP contribution in [0.1, 0.15) is 28.5 Å². The summed E-state index contributed by atoms with van der Waals surface area (Å²) in [4.78, 5) is 19.8. The van der Waals surface area contributed by atoms with Crippen LogP contribution < -0.4 is 10.6 Å². The second kappa shape index (κ2) is 8.24. The summed E-state index contributed by atoms with van der Waals surface area (Å²) in [6, 6.07) is 5.58. The second-order valence-electron chi connectivity index (χ2n) is 5.52. The highest BCUT2D eigenvalue weighted by molar-refractivity contribution is 5.73. The molecule has 6 heteroatoms. The fourth-order valence-electron chi connectivity index (χ4n) is 2.34. The summed E-state index contributed by atoms with van der Waals surface area (Å²) in [6.07, 6.45) is 4.79.